The highest BCUT2D eigenvalue weighted by Gasteiger charge is 2.37. The van der Waals surface area contributed by atoms with Crippen molar-refractivity contribution in [3.8, 4) is 5.75 Å². The summed E-state index contributed by atoms with van der Waals surface area (Å²) in [6.45, 7) is 6.06. The average Bonchev–Trinajstić information content (AvgIpc) is 2.89. The molecule has 2 aliphatic heterocycles. The van der Waals surface area contributed by atoms with E-state index in [0.717, 1.165) is 41.3 Å². The van der Waals surface area contributed by atoms with Crippen LogP contribution in [0.4, 0.5) is 0 Å². The Bertz CT molecular complexity index is 1040. The Morgan fingerprint density at radius 1 is 1.25 bits per heavy atom. The summed E-state index contributed by atoms with van der Waals surface area (Å²) in [6, 6.07) is 7.77. The molecule has 0 spiro atoms. The molecular weight excluding hydrogens is 300 g/mol. The van der Waals surface area contributed by atoms with Gasteiger partial charge in [0.15, 0.2) is 0 Å². The van der Waals surface area contributed by atoms with Crippen molar-refractivity contribution < 1.29 is 9.90 Å². The lowest BCUT2D eigenvalue weighted by molar-refractivity contribution is 0.0877. The number of hydrogen-bond acceptors (Lipinski definition) is 3. The van der Waals surface area contributed by atoms with Crippen LogP contribution in [0.1, 0.15) is 41.8 Å². The number of benzene rings is 2. The molecule has 0 atom stereocenters. The molecule has 2 aliphatic rings. The summed E-state index contributed by atoms with van der Waals surface area (Å²) in [4.78, 5) is 12.9. The predicted octanol–water partition coefficient (Wildman–Crippen LogP) is 3.47. The van der Waals surface area contributed by atoms with Crippen LogP contribution < -0.4 is 5.32 Å². The number of hydrogen-bond donors (Lipinski definition) is 2. The van der Waals surface area contributed by atoms with Crippen molar-refractivity contribution in [1.29, 1.82) is 0 Å². The number of fused-ring (bicyclic) bond motifs is 5. The molecule has 2 N–H and O–H groups in total. The minimum atomic E-state index is -0.193. The van der Waals surface area contributed by atoms with E-state index >= 15 is 0 Å². The van der Waals surface area contributed by atoms with Crippen molar-refractivity contribution in [2.24, 2.45) is 0 Å². The highest BCUT2D eigenvalue weighted by Crippen LogP contribution is 2.47. The Balaban J connectivity index is 2.11. The maximum absolute atomic E-state index is 12.9. The minimum Gasteiger partial charge on any atom is -0.507 e. The molecule has 0 saturated heterocycles. The zero-order chi connectivity index (χ0) is 16.6. The van der Waals surface area contributed by atoms with Gasteiger partial charge >= 0.3 is 0 Å². The standard InChI is InChI=1S/C20H20N2O2/c1-20(2)9-16(24)22-14-4-3-5-15(23)18(14)17-12-6-7-21-10-11(12)8-13(20)19(17)22/h3-5,8,21,23H,6-7,9-10H2,1-2H3. The Labute approximate surface area is 140 Å². The molecule has 0 amide bonds. The molecule has 2 aromatic carbocycles. The second kappa shape index (κ2) is 4.39. The summed E-state index contributed by atoms with van der Waals surface area (Å²) < 4.78 is 1.84. The van der Waals surface area contributed by atoms with Crippen molar-refractivity contribution >= 4 is 27.7 Å². The maximum Gasteiger partial charge on any atom is 0.232 e. The number of carbonyl (C=O) groups excluding carboxylic acids is 1. The van der Waals surface area contributed by atoms with E-state index in [-0.39, 0.29) is 17.1 Å². The Kier molecular flexibility index (Phi) is 2.57. The number of nitrogens with one attached hydrogen (secondary N) is 1. The van der Waals surface area contributed by atoms with Crippen LogP contribution in [-0.4, -0.2) is 22.1 Å². The van der Waals surface area contributed by atoms with Crippen LogP contribution in [0.3, 0.4) is 0 Å². The normalized spacial score (nSPS) is 19.0. The number of phenols is 1. The first-order chi connectivity index (χ1) is 11.5. The lowest BCUT2D eigenvalue weighted by Gasteiger charge is -2.33. The van der Waals surface area contributed by atoms with E-state index in [9.17, 15) is 9.90 Å². The van der Waals surface area contributed by atoms with Gasteiger partial charge in [0.05, 0.1) is 16.4 Å². The van der Waals surface area contributed by atoms with Crippen molar-refractivity contribution in [3.63, 3.8) is 0 Å². The first kappa shape index (κ1) is 14.1. The second-order valence-corrected chi connectivity index (χ2v) is 7.67. The SMILES string of the molecule is CC1(C)CC(=O)n2c3cccc(O)c3c3c4c(cc1c32)CNCC4. The number of nitrogens with zero attached hydrogens (tertiary/aromatic N) is 1. The van der Waals surface area contributed by atoms with E-state index < -0.39 is 0 Å². The van der Waals surface area contributed by atoms with E-state index in [2.05, 4.69) is 25.2 Å². The third kappa shape index (κ3) is 1.59. The zero-order valence-corrected chi connectivity index (χ0v) is 13.9. The number of aromatic nitrogens is 1. The summed E-state index contributed by atoms with van der Waals surface area (Å²) >= 11 is 0. The Morgan fingerprint density at radius 3 is 2.92 bits per heavy atom. The molecule has 0 fully saturated rings. The molecule has 3 heterocycles. The van der Waals surface area contributed by atoms with E-state index in [1.54, 1.807) is 6.07 Å². The van der Waals surface area contributed by atoms with Gasteiger partial charge in [0.25, 0.3) is 0 Å². The minimum absolute atomic E-state index is 0.118. The zero-order valence-electron chi connectivity index (χ0n) is 13.9. The highest BCUT2D eigenvalue weighted by atomic mass is 16.3. The quantitative estimate of drug-likeness (QED) is 0.667. The average molecular weight is 320 g/mol. The maximum atomic E-state index is 12.9. The topological polar surface area (TPSA) is 54.3 Å². The lowest BCUT2D eigenvalue weighted by atomic mass is 9.76. The summed E-state index contributed by atoms with van der Waals surface area (Å²) in [5.41, 5.74) is 5.45. The van der Waals surface area contributed by atoms with Gasteiger partial charge in [0, 0.05) is 23.8 Å². The molecule has 0 radical (unpaired) electrons. The molecule has 4 nitrogen and oxygen atoms in total. The lowest BCUT2D eigenvalue weighted by Crippen LogP contribution is -2.32. The Hall–Kier alpha value is -2.33. The van der Waals surface area contributed by atoms with Crippen LogP contribution in [0.2, 0.25) is 0 Å². The molecule has 0 aliphatic carbocycles. The molecule has 0 saturated carbocycles. The second-order valence-electron chi connectivity index (χ2n) is 7.67. The summed E-state index contributed by atoms with van der Waals surface area (Å²) in [6.07, 6.45) is 1.41. The molecule has 3 aromatic rings. The van der Waals surface area contributed by atoms with Crippen LogP contribution in [0.25, 0.3) is 21.8 Å². The van der Waals surface area contributed by atoms with Gasteiger partial charge in [-0.25, -0.2) is 0 Å². The van der Waals surface area contributed by atoms with E-state index in [1.165, 1.54) is 16.7 Å². The third-order valence-electron chi connectivity index (χ3n) is 5.67. The molecule has 24 heavy (non-hydrogen) atoms. The highest BCUT2D eigenvalue weighted by molar-refractivity contribution is 6.19. The molecule has 4 heteroatoms. The fourth-order valence-electron chi connectivity index (χ4n) is 4.57. The van der Waals surface area contributed by atoms with E-state index in [1.807, 2.05) is 16.7 Å². The largest absolute Gasteiger partial charge is 0.507 e. The van der Waals surface area contributed by atoms with Crippen molar-refractivity contribution in [1.82, 2.24) is 9.88 Å². The van der Waals surface area contributed by atoms with Crippen molar-refractivity contribution in [3.05, 3.63) is 41.0 Å². The number of rotatable bonds is 0. The van der Waals surface area contributed by atoms with Gasteiger partial charge in [0.1, 0.15) is 5.75 Å². The van der Waals surface area contributed by atoms with Gasteiger partial charge < -0.3 is 10.4 Å². The monoisotopic (exact) mass is 320 g/mol. The molecule has 122 valence electrons. The first-order valence-corrected chi connectivity index (χ1v) is 8.54. The molecule has 0 unspecified atom stereocenters. The number of aromatic hydroxyl groups is 1. The number of carbonyl (C=O) groups is 1. The fraction of sp³-hybridized carbons (Fsp3) is 0.350. The van der Waals surface area contributed by atoms with Gasteiger partial charge in [-0.3, -0.25) is 9.36 Å². The van der Waals surface area contributed by atoms with Gasteiger partial charge in [-0.1, -0.05) is 26.0 Å². The number of phenolic OH excluding ortho intramolecular Hbond substituents is 1. The molecule has 0 bridgehead atoms. The van der Waals surface area contributed by atoms with Crippen LogP contribution in [-0.2, 0) is 18.4 Å². The van der Waals surface area contributed by atoms with Crippen LogP contribution in [0.5, 0.6) is 5.75 Å². The smallest absolute Gasteiger partial charge is 0.232 e. The van der Waals surface area contributed by atoms with Gasteiger partial charge in [0.2, 0.25) is 5.91 Å². The molecule has 5 rings (SSSR count). The molecular formula is C20H20N2O2. The van der Waals surface area contributed by atoms with Crippen molar-refractivity contribution in [2.45, 2.75) is 38.6 Å². The third-order valence-corrected chi connectivity index (χ3v) is 5.67. The predicted molar refractivity (Wildman–Crippen MR) is 94.8 cm³/mol. The fourth-order valence-corrected chi connectivity index (χ4v) is 4.57. The van der Waals surface area contributed by atoms with Crippen molar-refractivity contribution in [2.75, 3.05) is 6.54 Å². The van der Waals surface area contributed by atoms with Gasteiger partial charge in [-0.15, -0.1) is 0 Å². The van der Waals surface area contributed by atoms with Gasteiger partial charge in [-0.2, -0.15) is 0 Å². The van der Waals surface area contributed by atoms with Crippen LogP contribution in [0.15, 0.2) is 24.3 Å². The van der Waals surface area contributed by atoms with E-state index in [0.29, 0.717) is 6.42 Å². The van der Waals surface area contributed by atoms with E-state index in [4.69, 9.17) is 0 Å². The van der Waals surface area contributed by atoms with Crippen LogP contribution in [0, 0.1) is 0 Å². The first-order valence-electron chi connectivity index (χ1n) is 8.54. The summed E-state index contributed by atoms with van der Waals surface area (Å²) in [5.74, 6) is 0.383. The Morgan fingerprint density at radius 2 is 2.08 bits per heavy atom. The molecule has 1 aromatic heterocycles. The summed E-state index contributed by atoms with van der Waals surface area (Å²) in [5, 5.41) is 15.9. The van der Waals surface area contributed by atoms with Gasteiger partial charge in [-0.05, 0) is 41.8 Å². The summed E-state index contributed by atoms with van der Waals surface area (Å²) in [7, 11) is 0. The van der Waals surface area contributed by atoms with Crippen LogP contribution >= 0.6 is 0 Å².